The van der Waals surface area contributed by atoms with Crippen LogP contribution in [-0.2, 0) is 21.2 Å². The second-order valence-electron chi connectivity index (χ2n) is 4.55. The van der Waals surface area contributed by atoms with Gasteiger partial charge in [-0.3, -0.25) is 4.79 Å². The van der Waals surface area contributed by atoms with Crippen LogP contribution in [0, 0.1) is 0 Å². The predicted octanol–water partition coefficient (Wildman–Crippen LogP) is -0.0813. The van der Waals surface area contributed by atoms with Crippen molar-refractivity contribution < 1.29 is 13.2 Å². The zero-order valence-electron chi connectivity index (χ0n) is 10.1. The molecule has 1 aliphatic rings. The average Bonchev–Trinajstić information content (AvgIpc) is 2.94. The minimum atomic E-state index is -2.93. The number of sulfone groups is 1. The van der Waals surface area contributed by atoms with E-state index in [1.807, 2.05) is 10.8 Å². The third-order valence-corrected chi connectivity index (χ3v) is 4.95. The molecule has 1 fully saturated rings. The molecule has 1 amide bonds. The molecular formula is C11H17N3O3S. The summed E-state index contributed by atoms with van der Waals surface area (Å²) in [6.45, 7) is 1.37. The molecule has 6 nitrogen and oxygen atoms in total. The lowest BCUT2D eigenvalue weighted by Gasteiger charge is -2.23. The molecule has 7 heteroatoms. The molecule has 0 unspecified atom stereocenters. The Bertz CT molecular complexity index is 484. The summed E-state index contributed by atoms with van der Waals surface area (Å²) < 4.78 is 24.7. The predicted molar refractivity (Wildman–Crippen MR) is 66.7 cm³/mol. The van der Waals surface area contributed by atoms with E-state index in [0.29, 0.717) is 13.0 Å². The minimum Gasteiger partial charge on any atom is -0.341 e. The summed E-state index contributed by atoms with van der Waals surface area (Å²) in [6.07, 6.45) is 7.43. The van der Waals surface area contributed by atoms with E-state index in [1.165, 1.54) is 0 Å². The second kappa shape index (κ2) is 5.51. The number of imidazole rings is 1. The molecule has 0 radical (unpaired) electrons. The van der Waals surface area contributed by atoms with Gasteiger partial charge in [0.2, 0.25) is 6.41 Å². The van der Waals surface area contributed by atoms with Crippen LogP contribution in [0.5, 0.6) is 0 Å². The van der Waals surface area contributed by atoms with Gasteiger partial charge in [-0.05, 0) is 12.8 Å². The Morgan fingerprint density at radius 2 is 2.33 bits per heavy atom. The van der Waals surface area contributed by atoms with Crippen LogP contribution >= 0.6 is 0 Å². The fourth-order valence-electron chi connectivity index (χ4n) is 2.21. The standard InChI is InChI=1S/C11H17N3O3S/c15-10-14(11-2-7-18(16,17)8-11)5-1-4-13-6-3-12-9-13/h3,6,9-11H,1-2,4-5,7-8H2/t11-/m1/s1. The van der Waals surface area contributed by atoms with Crippen LogP contribution in [0.2, 0.25) is 0 Å². The fourth-order valence-corrected chi connectivity index (χ4v) is 3.96. The van der Waals surface area contributed by atoms with Crippen LogP contribution in [-0.4, -0.2) is 53.4 Å². The first-order valence-corrected chi connectivity index (χ1v) is 7.80. The average molecular weight is 271 g/mol. The van der Waals surface area contributed by atoms with E-state index < -0.39 is 9.84 Å². The summed E-state index contributed by atoms with van der Waals surface area (Å²) in [5, 5.41) is 0. The van der Waals surface area contributed by atoms with Gasteiger partial charge in [0, 0.05) is 31.5 Å². The van der Waals surface area contributed by atoms with Crippen molar-refractivity contribution in [2.45, 2.75) is 25.4 Å². The van der Waals surface area contributed by atoms with E-state index in [-0.39, 0.29) is 17.5 Å². The highest BCUT2D eigenvalue weighted by Crippen LogP contribution is 2.16. The molecule has 0 spiro atoms. The quantitative estimate of drug-likeness (QED) is 0.678. The van der Waals surface area contributed by atoms with E-state index >= 15 is 0 Å². The highest BCUT2D eigenvalue weighted by molar-refractivity contribution is 7.91. The van der Waals surface area contributed by atoms with Crippen molar-refractivity contribution in [3.8, 4) is 0 Å². The van der Waals surface area contributed by atoms with Gasteiger partial charge in [-0.15, -0.1) is 0 Å². The Morgan fingerprint density at radius 1 is 1.50 bits per heavy atom. The number of carbonyl (C=O) groups is 1. The molecule has 0 aromatic carbocycles. The van der Waals surface area contributed by atoms with Gasteiger partial charge in [0.15, 0.2) is 9.84 Å². The highest BCUT2D eigenvalue weighted by Gasteiger charge is 2.31. The molecule has 1 aromatic heterocycles. The van der Waals surface area contributed by atoms with Crippen molar-refractivity contribution >= 4 is 16.2 Å². The zero-order valence-corrected chi connectivity index (χ0v) is 10.9. The molecule has 1 atom stereocenters. The van der Waals surface area contributed by atoms with Gasteiger partial charge in [0.25, 0.3) is 0 Å². The summed E-state index contributed by atoms with van der Waals surface area (Å²) in [4.78, 5) is 16.6. The summed E-state index contributed by atoms with van der Waals surface area (Å²) in [6, 6.07) is -0.143. The molecule has 0 bridgehead atoms. The van der Waals surface area contributed by atoms with Gasteiger partial charge in [-0.1, -0.05) is 0 Å². The van der Waals surface area contributed by atoms with Crippen LogP contribution in [0.1, 0.15) is 12.8 Å². The Balaban J connectivity index is 1.81. The smallest absolute Gasteiger partial charge is 0.209 e. The van der Waals surface area contributed by atoms with Gasteiger partial charge >= 0.3 is 0 Å². The SMILES string of the molecule is O=CN(CCCn1ccnc1)[C@@H]1CCS(=O)(=O)C1. The Kier molecular flexibility index (Phi) is 4.00. The maximum Gasteiger partial charge on any atom is 0.209 e. The maximum absolute atomic E-state index is 11.4. The lowest BCUT2D eigenvalue weighted by Crippen LogP contribution is -2.36. The number of amides is 1. The Hall–Kier alpha value is -1.37. The number of aromatic nitrogens is 2. The molecule has 0 aliphatic carbocycles. The van der Waals surface area contributed by atoms with Gasteiger partial charge < -0.3 is 9.47 Å². The van der Waals surface area contributed by atoms with Crippen LogP contribution in [0.3, 0.4) is 0 Å². The number of hydrogen-bond acceptors (Lipinski definition) is 4. The van der Waals surface area contributed by atoms with Crippen molar-refractivity contribution in [2.24, 2.45) is 0 Å². The third kappa shape index (κ3) is 3.32. The van der Waals surface area contributed by atoms with Crippen molar-refractivity contribution in [3.63, 3.8) is 0 Å². The Morgan fingerprint density at radius 3 is 2.89 bits per heavy atom. The lowest BCUT2D eigenvalue weighted by molar-refractivity contribution is -0.119. The molecular weight excluding hydrogens is 254 g/mol. The molecule has 100 valence electrons. The number of aryl methyl sites for hydroxylation is 1. The number of hydrogen-bond donors (Lipinski definition) is 0. The van der Waals surface area contributed by atoms with E-state index in [2.05, 4.69) is 4.98 Å². The summed E-state index contributed by atoms with van der Waals surface area (Å²) in [5.41, 5.74) is 0. The first-order valence-electron chi connectivity index (χ1n) is 5.98. The largest absolute Gasteiger partial charge is 0.341 e. The van der Waals surface area contributed by atoms with E-state index in [9.17, 15) is 13.2 Å². The minimum absolute atomic E-state index is 0.108. The fraction of sp³-hybridized carbons (Fsp3) is 0.636. The Labute approximate surface area is 107 Å². The molecule has 1 aromatic rings. The summed E-state index contributed by atoms with van der Waals surface area (Å²) in [5.74, 6) is 0.306. The first kappa shape index (κ1) is 13.1. The number of nitrogens with zero attached hydrogens (tertiary/aromatic N) is 3. The van der Waals surface area contributed by atoms with Crippen LogP contribution in [0.4, 0.5) is 0 Å². The normalized spacial score (nSPS) is 21.9. The molecule has 1 aliphatic heterocycles. The van der Waals surface area contributed by atoms with Crippen molar-refractivity contribution in [2.75, 3.05) is 18.1 Å². The lowest BCUT2D eigenvalue weighted by atomic mass is 10.2. The van der Waals surface area contributed by atoms with E-state index in [1.54, 1.807) is 17.4 Å². The van der Waals surface area contributed by atoms with Gasteiger partial charge in [-0.25, -0.2) is 13.4 Å². The van der Waals surface area contributed by atoms with Crippen LogP contribution in [0.25, 0.3) is 0 Å². The van der Waals surface area contributed by atoms with Crippen molar-refractivity contribution in [1.82, 2.24) is 14.5 Å². The summed E-state index contributed by atoms with van der Waals surface area (Å²) >= 11 is 0. The highest BCUT2D eigenvalue weighted by atomic mass is 32.2. The molecule has 2 rings (SSSR count). The van der Waals surface area contributed by atoms with E-state index in [4.69, 9.17) is 0 Å². The van der Waals surface area contributed by atoms with Gasteiger partial charge in [0.1, 0.15) is 0 Å². The van der Waals surface area contributed by atoms with Crippen LogP contribution in [0.15, 0.2) is 18.7 Å². The molecule has 0 saturated carbocycles. The van der Waals surface area contributed by atoms with Crippen molar-refractivity contribution in [3.05, 3.63) is 18.7 Å². The maximum atomic E-state index is 11.4. The van der Waals surface area contributed by atoms with Crippen molar-refractivity contribution in [1.29, 1.82) is 0 Å². The topological polar surface area (TPSA) is 72.3 Å². The van der Waals surface area contributed by atoms with Crippen LogP contribution < -0.4 is 0 Å². The van der Waals surface area contributed by atoms with E-state index in [0.717, 1.165) is 19.4 Å². The first-order chi connectivity index (χ1) is 8.61. The third-order valence-electron chi connectivity index (χ3n) is 3.20. The molecule has 0 N–H and O–H groups in total. The second-order valence-corrected chi connectivity index (χ2v) is 6.78. The number of carbonyl (C=O) groups excluding carboxylic acids is 1. The molecule has 1 saturated heterocycles. The monoisotopic (exact) mass is 271 g/mol. The molecule has 18 heavy (non-hydrogen) atoms. The summed E-state index contributed by atoms with van der Waals surface area (Å²) in [7, 11) is -2.93. The van der Waals surface area contributed by atoms with Gasteiger partial charge in [0.05, 0.1) is 17.8 Å². The van der Waals surface area contributed by atoms with Gasteiger partial charge in [-0.2, -0.15) is 0 Å². The number of rotatable bonds is 6. The zero-order chi connectivity index (χ0) is 13.0. The molecule has 2 heterocycles.